The molecule has 1 atom stereocenters. The second kappa shape index (κ2) is 6.38. The molecule has 116 valence electrons. The van der Waals surface area contributed by atoms with Crippen molar-refractivity contribution in [3.8, 4) is 0 Å². The molecule has 22 heavy (non-hydrogen) atoms. The van der Waals surface area contributed by atoms with Gasteiger partial charge in [0.25, 0.3) is 5.70 Å². The number of esters is 1. The van der Waals surface area contributed by atoms with Crippen LogP contribution in [0.3, 0.4) is 0 Å². The van der Waals surface area contributed by atoms with Gasteiger partial charge in [-0.1, -0.05) is 0 Å². The third kappa shape index (κ3) is 2.83. The van der Waals surface area contributed by atoms with Gasteiger partial charge in [-0.3, -0.25) is 15.1 Å². The molecule has 0 aromatic carbocycles. The van der Waals surface area contributed by atoms with Crippen LogP contribution in [-0.2, 0) is 9.53 Å². The van der Waals surface area contributed by atoms with E-state index in [1.807, 2.05) is 0 Å². The van der Waals surface area contributed by atoms with Gasteiger partial charge >= 0.3 is 5.97 Å². The number of hydrogen-bond acceptors (Lipinski definition) is 6. The molecule has 1 aliphatic rings. The van der Waals surface area contributed by atoms with E-state index in [2.05, 4.69) is 10.3 Å². The van der Waals surface area contributed by atoms with Crippen LogP contribution in [0.1, 0.15) is 32.3 Å². The Morgan fingerprint density at radius 2 is 2.00 bits per heavy atom. The molecule has 0 fully saturated rings. The minimum absolute atomic E-state index is 0.0557. The van der Waals surface area contributed by atoms with Gasteiger partial charge in [0.15, 0.2) is 0 Å². The normalized spacial score (nSPS) is 18.0. The predicted molar refractivity (Wildman–Crippen MR) is 79.1 cm³/mol. The topological polar surface area (TPSA) is 94.4 Å². The fraction of sp³-hybridized carbons (Fsp3) is 0.333. The van der Waals surface area contributed by atoms with E-state index in [0.717, 1.165) is 0 Å². The number of dihydropyridines is 1. The summed E-state index contributed by atoms with van der Waals surface area (Å²) >= 11 is 0. The van der Waals surface area contributed by atoms with Crippen LogP contribution in [0.25, 0.3) is 0 Å². The van der Waals surface area contributed by atoms with Crippen molar-refractivity contribution in [2.24, 2.45) is 0 Å². The Hall–Kier alpha value is -2.70. The number of nitrogens with zero attached hydrogens (tertiary/aromatic N) is 2. The Morgan fingerprint density at radius 1 is 1.36 bits per heavy atom. The summed E-state index contributed by atoms with van der Waals surface area (Å²) in [5.74, 6) is -1.33. The zero-order valence-corrected chi connectivity index (χ0v) is 12.6. The van der Waals surface area contributed by atoms with Crippen molar-refractivity contribution >= 4 is 5.97 Å². The minimum atomic E-state index is -0.779. The Kier molecular flexibility index (Phi) is 4.55. The third-order valence-corrected chi connectivity index (χ3v) is 3.46. The van der Waals surface area contributed by atoms with E-state index in [4.69, 9.17) is 4.74 Å². The molecule has 0 radical (unpaired) electrons. The summed E-state index contributed by atoms with van der Waals surface area (Å²) in [6, 6.07) is 3.33. The SMILES string of the molecule is CCOC(=O)C1=C(C)NC(C)=C([N+](=O)[O-])C1c1ccncc1. The number of pyridine rings is 1. The second-order valence-corrected chi connectivity index (χ2v) is 4.87. The van der Waals surface area contributed by atoms with E-state index >= 15 is 0 Å². The number of nitrogens with one attached hydrogen (secondary N) is 1. The summed E-state index contributed by atoms with van der Waals surface area (Å²) in [6.45, 7) is 5.23. The minimum Gasteiger partial charge on any atom is -0.463 e. The van der Waals surface area contributed by atoms with Crippen molar-refractivity contribution in [1.82, 2.24) is 10.3 Å². The van der Waals surface area contributed by atoms with Gasteiger partial charge in [-0.15, -0.1) is 0 Å². The maximum absolute atomic E-state index is 12.3. The molecule has 0 aliphatic carbocycles. The van der Waals surface area contributed by atoms with Crippen LogP contribution in [0.15, 0.2) is 47.2 Å². The number of carbonyl (C=O) groups excluding carboxylic acids is 1. The van der Waals surface area contributed by atoms with Crippen molar-refractivity contribution in [3.63, 3.8) is 0 Å². The molecular formula is C15H17N3O4. The maximum atomic E-state index is 12.3. The molecule has 0 saturated heterocycles. The number of hydrogen-bond donors (Lipinski definition) is 1. The molecule has 2 rings (SSSR count). The van der Waals surface area contributed by atoms with Crippen molar-refractivity contribution in [3.05, 3.63) is 62.9 Å². The first kappa shape index (κ1) is 15.7. The van der Waals surface area contributed by atoms with Gasteiger partial charge < -0.3 is 10.1 Å². The van der Waals surface area contributed by atoms with E-state index in [0.29, 0.717) is 17.0 Å². The molecule has 0 bridgehead atoms. The molecule has 1 aromatic heterocycles. The van der Waals surface area contributed by atoms with Gasteiger partial charge in [-0.25, -0.2) is 4.79 Å². The van der Waals surface area contributed by atoms with E-state index in [1.54, 1.807) is 45.3 Å². The maximum Gasteiger partial charge on any atom is 0.336 e. The molecule has 2 heterocycles. The van der Waals surface area contributed by atoms with Crippen LogP contribution in [0.2, 0.25) is 0 Å². The van der Waals surface area contributed by atoms with Gasteiger partial charge in [-0.2, -0.15) is 0 Å². The van der Waals surface area contributed by atoms with Crippen LogP contribution in [0.4, 0.5) is 0 Å². The number of rotatable bonds is 4. The number of allylic oxidation sites excluding steroid dienone is 3. The summed E-state index contributed by atoms with van der Waals surface area (Å²) in [6.07, 6.45) is 3.09. The van der Waals surface area contributed by atoms with Gasteiger partial charge in [0.1, 0.15) is 5.92 Å². The van der Waals surface area contributed by atoms with Crippen molar-refractivity contribution in [1.29, 1.82) is 0 Å². The molecular weight excluding hydrogens is 286 g/mol. The van der Waals surface area contributed by atoms with Gasteiger partial charge in [0.2, 0.25) is 0 Å². The van der Waals surface area contributed by atoms with E-state index in [9.17, 15) is 14.9 Å². The smallest absolute Gasteiger partial charge is 0.336 e. The summed E-state index contributed by atoms with van der Waals surface area (Å²) in [5.41, 5.74) is 1.80. The summed E-state index contributed by atoms with van der Waals surface area (Å²) in [4.78, 5) is 27.2. The first-order chi connectivity index (χ1) is 10.5. The molecule has 1 N–H and O–H groups in total. The molecule has 1 unspecified atom stereocenters. The molecule has 1 aromatic rings. The Morgan fingerprint density at radius 3 is 2.55 bits per heavy atom. The van der Waals surface area contributed by atoms with Crippen molar-refractivity contribution in [2.45, 2.75) is 26.7 Å². The van der Waals surface area contributed by atoms with Crippen molar-refractivity contribution < 1.29 is 14.5 Å². The van der Waals surface area contributed by atoms with Crippen LogP contribution >= 0.6 is 0 Å². The lowest BCUT2D eigenvalue weighted by atomic mass is 9.84. The summed E-state index contributed by atoms with van der Waals surface area (Å²) < 4.78 is 5.07. The molecule has 7 heteroatoms. The number of carbonyl (C=O) groups is 1. The molecule has 0 spiro atoms. The van der Waals surface area contributed by atoms with Crippen LogP contribution in [0, 0.1) is 10.1 Å². The lowest BCUT2D eigenvalue weighted by molar-refractivity contribution is -0.431. The van der Waals surface area contributed by atoms with Crippen LogP contribution in [-0.4, -0.2) is 22.5 Å². The molecule has 0 saturated carbocycles. The highest BCUT2D eigenvalue weighted by Crippen LogP contribution is 2.38. The predicted octanol–water partition coefficient (Wildman–Crippen LogP) is 2.11. The first-order valence-corrected chi connectivity index (χ1v) is 6.87. The van der Waals surface area contributed by atoms with E-state index in [1.165, 1.54) is 0 Å². The zero-order chi connectivity index (χ0) is 16.3. The summed E-state index contributed by atoms with van der Waals surface area (Å²) in [5, 5.41) is 14.4. The lowest BCUT2D eigenvalue weighted by Gasteiger charge is -2.26. The van der Waals surface area contributed by atoms with E-state index < -0.39 is 16.8 Å². The number of aromatic nitrogens is 1. The largest absolute Gasteiger partial charge is 0.463 e. The third-order valence-electron chi connectivity index (χ3n) is 3.46. The first-order valence-electron chi connectivity index (χ1n) is 6.87. The number of ether oxygens (including phenoxy) is 1. The highest BCUT2D eigenvalue weighted by atomic mass is 16.6. The van der Waals surface area contributed by atoms with Gasteiger partial charge in [0, 0.05) is 18.1 Å². The van der Waals surface area contributed by atoms with E-state index in [-0.39, 0.29) is 17.9 Å². The summed E-state index contributed by atoms with van der Waals surface area (Å²) in [7, 11) is 0. The second-order valence-electron chi connectivity index (χ2n) is 4.87. The van der Waals surface area contributed by atoms with Gasteiger partial charge in [-0.05, 0) is 38.5 Å². The zero-order valence-electron chi connectivity index (χ0n) is 12.6. The standard InChI is InChI=1S/C15H17N3O4/c1-4-22-15(19)12-9(2)17-10(3)14(18(20)21)13(12)11-5-7-16-8-6-11/h5-8,13,17H,4H2,1-3H3. The Bertz CT molecular complexity index is 665. The Balaban J connectivity index is 2.62. The lowest BCUT2D eigenvalue weighted by Crippen LogP contribution is -2.31. The molecule has 7 nitrogen and oxygen atoms in total. The molecule has 0 amide bonds. The van der Waals surface area contributed by atoms with Crippen molar-refractivity contribution in [2.75, 3.05) is 6.61 Å². The van der Waals surface area contributed by atoms with Crippen LogP contribution in [0.5, 0.6) is 0 Å². The molecule has 1 aliphatic heterocycles. The average molecular weight is 303 g/mol. The highest BCUT2D eigenvalue weighted by molar-refractivity contribution is 5.92. The van der Waals surface area contributed by atoms with Gasteiger partial charge in [0.05, 0.1) is 22.8 Å². The fourth-order valence-electron chi connectivity index (χ4n) is 2.58. The Labute approximate surface area is 127 Å². The highest BCUT2D eigenvalue weighted by Gasteiger charge is 2.40. The fourth-order valence-corrected chi connectivity index (χ4v) is 2.58. The van der Waals surface area contributed by atoms with Crippen LogP contribution < -0.4 is 5.32 Å². The monoisotopic (exact) mass is 303 g/mol. The number of nitro groups is 1. The average Bonchev–Trinajstić information content (AvgIpc) is 2.47. The quantitative estimate of drug-likeness (QED) is 0.520.